The van der Waals surface area contributed by atoms with Gasteiger partial charge in [-0.3, -0.25) is 9.36 Å². The Hall–Kier alpha value is -2.09. The van der Waals surface area contributed by atoms with Crippen LogP contribution < -0.4 is 5.32 Å². The van der Waals surface area contributed by atoms with Crippen molar-refractivity contribution >= 4 is 13.6 Å². The Kier molecular flexibility index (Phi) is 9.39. The van der Waals surface area contributed by atoms with Gasteiger partial charge in [0.15, 0.2) is 0 Å². The summed E-state index contributed by atoms with van der Waals surface area (Å²) in [4.78, 5) is 21.1. The lowest BCUT2D eigenvalue weighted by Crippen LogP contribution is -2.48. The molecule has 0 aliphatic carbocycles. The molecule has 7 nitrogen and oxygen atoms in total. The van der Waals surface area contributed by atoms with Gasteiger partial charge in [0.1, 0.15) is 5.82 Å². The van der Waals surface area contributed by atoms with Gasteiger partial charge in [-0.2, -0.15) is 0 Å². The maximum absolute atomic E-state index is 13.6. The van der Waals surface area contributed by atoms with Gasteiger partial charge < -0.3 is 24.9 Å². The molecule has 5 unspecified atom stereocenters. The number of aliphatic hydroxyl groups is 1. The normalized spacial score (nSPS) is 25.4. The zero-order valence-corrected chi connectivity index (χ0v) is 20.1. The second kappa shape index (κ2) is 12.0. The third kappa shape index (κ3) is 7.45. The fourth-order valence-electron chi connectivity index (χ4n) is 4.80. The number of halogens is 1. The summed E-state index contributed by atoms with van der Waals surface area (Å²) in [5.41, 5.74) is 2.07. The van der Waals surface area contributed by atoms with Crippen molar-refractivity contribution in [1.29, 1.82) is 0 Å². The summed E-state index contributed by atoms with van der Waals surface area (Å²) in [6.07, 6.45) is -0.354. The SMILES string of the molecule is CCCC1NC(c2ccccc2)CC(c2ccc(F)cc2)C1COP(=O)(O)C[C@H](O)CC(=O)O. The highest BCUT2D eigenvalue weighted by molar-refractivity contribution is 7.52. The standard InChI is InChI=1S/C25H33FNO6P/c1-2-6-23-22(15-33-34(31,32)16-20(28)13-25(29)30)21(17-9-11-19(26)12-10-17)14-24(27-23)18-7-4-3-5-8-18/h3-5,7-12,20-24,27-28H,2,6,13-16H2,1H3,(H,29,30)(H,31,32)/t20-,21?,22?,23?,24?/m1/s1. The van der Waals surface area contributed by atoms with Crippen molar-refractivity contribution in [2.24, 2.45) is 5.92 Å². The molecule has 0 aromatic heterocycles. The number of benzene rings is 2. The molecular formula is C25H33FNO6P. The van der Waals surface area contributed by atoms with Crippen LogP contribution in [0.4, 0.5) is 4.39 Å². The summed E-state index contributed by atoms with van der Waals surface area (Å²) in [5.74, 6) is -1.83. The van der Waals surface area contributed by atoms with E-state index >= 15 is 0 Å². The quantitative estimate of drug-likeness (QED) is 0.342. The number of aliphatic carboxylic acids is 1. The third-order valence-corrected chi connectivity index (χ3v) is 7.79. The van der Waals surface area contributed by atoms with Gasteiger partial charge in [0.2, 0.25) is 0 Å². The number of hydrogen-bond donors (Lipinski definition) is 4. The minimum absolute atomic E-state index is 0.0250. The highest BCUT2D eigenvalue weighted by Crippen LogP contribution is 2.47. The summed E-state index contributed by atoms with van der Waals surface area (Å²) in [7, 11) is -4.22. The van der Waals surface area contributed by atoms with Gasteiger partial charge in [-0.1, -0.05) is 55.8 Å². The van der Waals surface area contributed by atoms with Crippen LogP contribution in [0, 0.1) is 11.7 Å². The molecule has 1 aliphatic heterocycles. The number of carbonyl (C=O) groups is 1. The van der Waals surface area contributed by atoms with Crippen molar-refractivity contribution < 1.29 is 33.4 Å². The lowest BCUT2D eigenvalue weighted by Gasteiger charge is -2.44. The Labute approximate surface area is 199 Å². The Morgan fingerprint density at radius 2 is 1.85 bits per heavy atom. The monoisotopic (exact) mass is 493 g/mol. The van der Waals surface area contributed by atoms with Crippen LogP contribution in [-0.2, 0) is 13.9 Å². The van der Waals surface area contributed by atoms with E-state index in [1.807, 2.05) is 18.2 Å². The van der Waals surface area contributed by atoms with Gasteiger partial charge in [-0.05, 0) is 42.0 Å². The highest BCUT2D eigenvalue weighted by atomic mass is 31.2. The van der Waals surface area contributed by atoms with Gasteiger partial charge in [0, 0.05) is 18.0 Å². The Morgan fingerprint density at radius 1 is 1.18 bits per heavy atom. The van der Waals surface area contributed by atoms with Crippen LogP contribution in [0.2, 0.25) is 0 Å². The Bertz CT molecular complexity index is 973. The van der Waals surface area contributed by atoms with Crippen molar-refractivity contribution in [3.8, 4) is 0 Å². The number of carboxylic acids is 1. The predicted octanol–water partition coefficient (Wildman–Crippen LogP) is 4.47. The van der Waals surface area contributed by atoms with E-state index < -0.39 is 32.3 Å². The number of piperidine rings is 1. The van der Waals surface area contributed by atoms with Gasteiger partial charge >= 0.3 is 13.6 Å². The van der Waals surface area contributed by atoms with Crippen molar-refractivity contribution in [2.45, 2.75) is 56.7 Å². The van der Waals surface area contributed by atoms with Crippen LogP contribution >= 0.6 is 7.60 Å². The Balaban J connectivity index is 1.84. The molecule has 0 bridgehead atoms. The largest absolute Gasteiger partial charge is 0.481 e. The number of hydrogen-bond acceptors (Lipinski definition) is 5. The van der Waals surface area contributed by atoms with E-state index in [1.165, 1.54) is 12.1 Å². The summed E-state index contributed by atoms with van der Waals surface area (Å²) < 4.78 is 31.7. The average Bonchev–Trinajstić information content (AvgIpc) is 2.78. The van der Waals surface area contributed by atoms with Crippen LogP contribution in [0.15, 0.2) is 54.6 Å². The molecular weight excluding hydrogens is 460 g/mol. The van der Waals surface area contributed by atoms with Gasteiger partial charge in [-0.15, -0.1) is 0 Å². The smallest absolute Gasteiger partial charge is 0.330 e. The van der Waals surface area contributed by atoms with Crippen molar-refractivity contribution in [2.75, 3.05) is 12.8 Å². The van der Waals surface area contributed by atoms with E-state index in [1.54, 1.807) is 12.1 Å². The first kappa shape index (κ1) is 26.5. The molecule has 0 saturated carbocycles. The molecule has 1 heterocycles. The Morgan fingerprint density at radius 3 is 2.47 bits per heavy atom. The highest BCUT2D eigenvalue weighted by Gasteiger charge is 2.40. The molecule has 2 aromatic rings. The molecule has 9 heteroatoms. The molecule has 1 saturated heterocycles. The minimum Gasteiger partial charge on any atom is -0.481 e. The first-order valence-electron chi connectivity index (χ1n) is 11.6. The molecule has 186 valence electrons. The van der Waals surface area contributed by atoms with Gasteiger partial charge in [-0.25, -0.2) is 4.39 Å². The molecule has 0 amide bonds. The number of aliphatic hydroxyl groups excluding tert-OH is 1. The fourth-order valence-corrected chi connectivity index (χ4v) is 5.97. The van der Waals surface area contributed by atoms with E-state index in [9.17, 15) is 23.7 Å². The average molecular weight is 494 g/mol. The van der Waals surface area contributed by atoms with Crippen LogP contribution in [0.1, 0.15) is 55.7 Å². The van der Waals surface area contributed by atoms with E-state index in [0.717, 1.165) is 24.0 Å². The topological polar surface area (TPSA) is 116 Å². The van der Waals surface area contributed by atoms with Crippen LogP contribution in [0.25, 0.3) is 0 Å². The second-order valence-electron chi connectivity index (χ2n) is 8.95. The third-order valence-electron chi connectivity index (χ3n) is 6.36. The zero-order chi connectivity index (χ0) is 24.7. The van der Waals surface area contributed by atoms with Gasteiger partial charge in [0.05, 0.1) is 25.3 Å². The molecule has 0 radical (unpaired) electrons. The number of nitrogens with one attached hydrogen (secondary N) is 1. The molecule has 34 heavy (non-hydrogen) atoms. The minimum atomic E-state index is -4.22. The van der Waals surface area contributed by atoms with E-state index in [0.29, 0.717) is 6.42 Å². The van der Waals surface area contributed by atoms with Crippen LogP contribution in [-0.4, -0.2) is 46.0 Å². The van der Waals surface area contributed by atoms with Crippen molar-refractivity contribution in [1.82, 2.24) is 5.32 Å². The summed E-state index contributed by atoms with van der Waals surface area (Å²) in [6.45, 7) is 2.02. The summed E-state index contributed by atoms with van der Waals surface area (Å²) >= 11 is 0. The molecule has 0 spiro atoms. The molecule has 1 aliphatic rings. The maximum Gasteiger partial charge on any atom is 0.330 e. The summed E-state index contributed by atoms with van der Waals surface area (Å²) in [6, 6.07) is 16.4. The first-order valence-corrected chi connectivity index (χ1v) is 13.4. The van der Waals surface area contributed by atoms with E-state index in [-0.39, 0.29) is 36.3 Å². The van der Waals surface area contributed by atoms with Gasteiger partial charge in [0.25, 0.3) is 0 Å². The lowest BCUT2D eigenvalue weighted by atomic mass is 9.72. The molecule has 2 aromatic carbocycles. The number of rotatable bonds is 11. The maximum atomic E-state index is 13.6. The fraction of sp³-hybridized carbons (Fsp3) is 0.480. The first-order chi connectivity index (χ1) is 16.2. The molecule has 3 rings (SSSR count). The van der Waals surface area contributed by atoms with Crippen LogP contribution in [0.5, 0.6) is 0 Å². The molecule has 1 fully saturated rings. The second-order valence-corrected chi connectivity index (χ2v) is 10.8. The van der Waals surface area contributed by atoms with Crippen molar-refractivity contribution in [3.05, 3.63) is 71.5 Å². The molecule has 4 N–H and O–H groups in total. The van der Waals surface area contributed by atoms with E-state index in [4.69, 9.17) is 9.63 Å². The number of carboxylic acid groups (broad SMARTS) is 1. The zero-order valence-electron chi connectivity index (χ0n) is 19.2. The van der Waals surface area contributed by atoms with E-state index in [2.05, 4.69) is 24.4 Å². The van der Waals surface area contributed by atoms with Crippen LogP contribution in [0.3, 0.4) is 0 Å². The summed E-state index contributed by atoms with van der Waals surface area (Å²) in [5, 5.41) is 22.3. The van der Waals surface area contributed by atoms with Crippen molar-refractivity contribution in [3.63, 3.8) is 0 Å². The predicted molar refractivity (Wildman–Crippen MR) is 127 cm³/mol. The molecule has 6 atom stereocenters. The lowest BCUT2D eigenvalue weighted by molar-refractivity contribution is -0.138.